The Morgan fingerprint density at radius 2 is 1.45 bits per heavy atom. The van der Waals surface area contributed by atoms with Crippen molar-refractivity contribution in [3.05, 3.63) is 59.9 Å². The van der Waals surface area contributed by atoms with Gasteiger partial charge in [0, 0.05) is 24.0 Å². The molecular weight excluding hydrogens is 478 g/mol. The van der Waals surface area contributed by atoms with Crippen LogP contribution in [0.3, 0.4) is 0 Å². The van der Waals surface area contributed by atoms with Gasteiger partial charge in [0.05, 0.1) is 5.92 Å². The van der Waals surface area contributed by atoms with E-state index in [1.807, 2.05) is 27.7 Å². The van der Waals surface area contributed by atoms with Gasteiger partial charge in [-0.25, -0.2) is 0 Å². The Morgan fingerprint density at radius 1 is 0.842 bits per heavy atom. The highest BCUT2D eigenvalue weighted by Gasteiger charge is 2.35. The number of rotatable bonds is 15. The first-order valence-electron chi connectivity index (χ1n) is 13.9. The van der Waals surface area contributed by atoms with Crippen LogP contribution in [-0.4, -0.2) is 33.9 Å². The molecule has 0 saturated heterocycles. The maximum absolute atomic E-state index is 13.7. The largest absolute Gasteiger partial charge is 0.481 e. The molecule has 0 aliphatic rings. The van der Waals surface area contributed by atoms with Crippen LogP contribution in [0.25, 0.3) is 0 Å². The summed E-state index contributed by atoms with van der Waals surface area (Å²) < 4.78 is 0. The predicted molar refractivity (Wildman–Crippen MR) is 152 cm³/mol. The first kappa shape index (κ1) is 31.0. The number of unbranched alkanes of at least 4 members (excludes halogenated alkanes) is 1. The summed E-state index contributed by atoms with van der Waals surface area (Å²) in [5.74, 6) is -2.59. The van der Waals surface area contributed by atoms with Crippen LogP contribution in [0.2, 0.25) is 0 Å². The molecule has 0 radical (unpaired) electrons. The van der Waals surface area contributed by atoms with Gasteiger partial charge in [0.1, 0.15) is 6.04 Å². The number of carbonyl (C=O) groups is 3. The van der Waals surface area contributed by atoms with E-state index in [2.05, 4.69) is 46.8 Å². The average Bonchev–Trinajstić information content (AvgIpc) is 2.87. The third-order valence-electron chi connectivity index (χ3n) is 6.90. The number of aromatic nitrogens is 1. The third kappa shape index (κ3) is 10.3. The second-order valence-electron chi connectivity index (χ2n) is 11.2. The highest BCUT2D eigenvalue weighted by atomic mass is 16.4. The number of benzene rings is 1. The monoisotopic (exact) mass is 523 g/mol. The van der Waals surface area contributed by atoms with E-state index in [4.69, 9.17) is 0 Å². The van der Waals surface area contributed by atoms with Gasteiger partial charge in [0.2, 0.25) is 11.8 Å². The lowest BCUT2D eigenvalue weighted by molar-refractivity contribution is -0.143. The van der Waals surface area contributed by atoms with Crippen LogP contribution in [0.5, 0.6) is 0 Å². The van der Waals surface area contributed by atoms with Crippen molar-refractivity contribution < 1.29 is 19.5 Å². The van der Waals surface area contributed by atoms with E-state index in [0.717, 1.165) is 31.2 Å². The fraction of sp³-hybridized carbons (Fsp3) is 0.548. The molecule has 1 aromatic heterocycles. The number of amides is 2. The lowest BCUT2D eigenvalue weighted by Crippen LogP contribution is -2.53. The molecule has 0 spiro atoms. The van der Waals surface area contributed by atoms with Gasteiger partial charge in [-0.2, -0.15) is 0 Å². The number of hydrogen-bond acceptors (Lipinski definition) is 4. The number of nitrogens with one attached hydrogen (secondary N) is 2. The van der Waals surface area contributed by atoms with Crippen molar-refractivity contribution in [1.82, 2.24) is 10.3 Å². The summed E-state index contributed by atoms with van der Waals surface area (Å²) in [4.78, 5) is 42.9. The van der Waals surface area contributed by atoms with Crippen LogP contribution >= 0.6 is 0 Å². The molecule has 1 aromatic carbocycles. The molecule has 2 aromatic rings. The number of carboxylic acid groups (broad SMARTS) is 1. The zero-order valence-electron chi connectivity index (χ0n) is 23.6. The summed E-state index contributed by atoms with van der Waals surface area (Å²) in [5, 5.41) is 15.7. The average molecular weight is 524 g/mol. The van der Waals surface area contributed by atoms with Crippen molar-refractivity contribution in [2.24, 2.45) is 17.3 Å². The number of carbonyl (C=O) groups excluding carboxylic acids is 2. The maximum Gasteiger partial charge on any atom is 0.306 e. The number of pyridine rings is 1. The lowest BCUT2D eigenvalue weighted by atomic mass is 9.83. The molecule has 0 fully saturated rings. The van der Waals surface area contributed by atoms with Crippen LogP contribution in [0, 0.1) is 17.3 Å². The van der Waals surface area contributed by atoms with Crippen LogP contribution in [0.15, 0.2) is 48.8 Å². The molecule has 0 saturated carbocycles. The highest BCUT2D eigenvalue weighted by molar-refractivity contribution is 5.98. The third-order valence-corrected chi connectivity index (χ3v) is 6.90. The SMILES string of the molecule is CCCC[C@@H](C[C@@H](CCc1ccc(CCC)cc1)C(=O)N[C@H](C(=O)Nc1ccncc1)C(C)(C)C)C(=O)O. The van der Waals surface area contributed by atoms with Crippen molar-refractivity contribution >= 4 is 23.5 Å². The molecule has 38 heavy (non-hydrogen) atoms. The van der Waals surface area contributed by atoms with E-state index in [9.17, 15) is 19.5 Å². The standard InChI is InChI=1S/C31H45N3O4/c1-6-8-10-25(30(37)38)21-24(16-15-23-13-11-22(9-7-2)12-14-23)28(35)34-27(31(3,4)5)29(36)33-26-17-19-32-20-18-26/h11-14,17-20,24-25,27H,6-10,15-16,21H2,1-5H3,(H,34,35)(H,37,38)(H,32,33,36)/t24-,25+,27-/m1/s1. The fourth-order valence-electron chi connectivity index (χ4n) is 4.58. The number of hydrogen-bond donors (Lipinski definition) is 3. The number of anilines is 1. The summed E-state index contributed by atoms with van der Waals surface area (Å²) in [6.07, 6.45) is 8.94. The summed E-state index contributed by atoms with van der Waals surface area (Å²) in [6.45, 7) is 9.88. The predicted octanol–water partition coefficient (Wildman–Crippen LogP) is 6.03. The Kier molecular flexibility index (Phi) is 12.4. The van der Waals surface area contributed by atoms with Crippen LogP contribution in [0.4, 0.5) is 5.69 Å². The molecule has 0 bridgehead atoms. The molecule has 0 aliphatic carbocycles. The first-order chi connectivity index (χ1) is 18.0. The number of nitrogens with zero attached hydrogens (tertiary/aromatic N) is 1. The molecular formula is C31H45N3O4. The van der Waals surface area contributed by atoms with Crippen molar-refractivity contribution in [2.75, 3.05) is 5.32 Å². The van der Waals surface area contributed by atoms with Gasteiger partial charge in [-0.3, -0.25) is 19.4 Å². The molecule has 0 aliphatic heterocycles. The Labute approximate surface area is 227 Å². The lowest BCUT2D eigenvalue weighted by Gasteiger charge is -2.32. The van der Waals surface area contributed by atoms with Crippen molar-refractivity contribution in [1.29, 1.82) is 0 Å². The van der Waals surface area contributed by atoms with Crippen LogP contribution < -0.4 is 10.6 Å². The quantitative estimate of drug-likeness (QED) is 0.264. The summed E-state index contributed by atoms with van der Waals surface area (Å²) >= 11 is 0. The molecule has 7 heteroatoms. The van der Waals surface area contributed by atoms with Gasteiger partial charge in [-0.15, -0.1) is 0 Å². The molecule has 208 valence electrons. The molecule has 3 atom stereocenters. The molecule has 7 nitrogen and oxygen atoms in total. The Bertz CT molecular complexity index is 1020. The molecule has 1 heterocycles. The molecule has 2 amide bonds. The topological polar surface area (TPSA) is 108 Å². The minimum absolute atomic E-state index is 0.248. The van der Waals surface area contributed by atoms with E-state index in [-0.39, 0.29) is 18.2 Å². The minimum atomic E-state index is -0.872. The Hall–Kier alpha value is -3.22. The summed E-state index contributed by atoms with van der Waals surface area (Å²) in [6, 6.07) is 11.0. The first-order valence-corrected chi connectivity index (χ1v) is 13.9. The van der Waals surface area contributed by atoms with Gasteiger partial charge in [0.25, 0.3) is 0 Å². The Balaban J connectivity index is 2.22. The van der Waals surface area contributed by atoms with E-state index in [0.29, 0.717) is 24.9 Å². The van der Waals surface area contributed by atoms with Gasteiger partial charge < -0.3 is 15.7 Å². The number of carboxylic acids is 1. The smallest absolute Gasteiger partial charge is 0.306 e. The van der Waals surface area contributed by atoms with E-state index in [1.54, 1.807) is 24.5 Å². The second-order valence-corrected chi connectivity index (χ2v) is 11.2. The number of aryl methyl sites for hydroxylation is 2. The van der Waals surface area contributed by atoms with Gasteiger partial charge in [-0.1, -0.05) is 78.1 Å². The summed E-state index contributed by atoms with van der Waals surface area (Å²) in [7, 11) is 0. The molecule has 3 N–H and O–H groups in total. The van der Waals surface area contributed by atoms with Gasteiger partial charge in [-0.05, 0) is 60.8 Å². The second kappa shape index (κ2) is 15.3. The van der Waals surface area contributed by atoms with Crippen LogP contribution in [-0.2, 0) is 27.2 Å². The maximum atomic E-state index is 13.7. The fourth-order valence-corrected chi connectivity index (χ4v) is 4.58. The zero-order chi connectivity index (χ0) is 28.1. The van der Waals surface area contributed by atoms with E-state index >= 15 is 0 Å². The van der Waals surface area contributed by atoms with Gasteiger partial charge >= 0.3 is 5.97 Å². The van der Waals surface area contributed by atoms with E-state index < -0.39 is 29.3 Å². The molecule has 0 unspecified atom stereocenters. The van der Waals surface area contributed by atoms with Crippen molar-refractivity contribution in [2.45, 2.75) is 92.0 Å². The zero-order valence-corrected chi connectivity index (χ0v) is 23.6. The van der Waals surface area contributed by atoms with Crippen molar-refractivity contribution in [3.63, 3.8) is 0 Å². The number of aliphatic carboxylic acids is 1. The normalized spacial score (nSPS) is 13.8. The Morgan fingerprint density at radius 3 is 1.97 bits per heavy atom. The van der Waals surface area contributed by atoms with Crippen molar-refractivity contribution in [3.8, 4) is 0 Å². The van der Waals surface area contributed by atoms with Gasteiger partial charge in [0.15, 0.2) is 0 Å². The molecule has 2 rings (SSSR count). The minimum Gasteiger partial charge on any atom is -0.481 e. The van der Waals surface area contributed by atoms with E-state index in [1.165, 1.54) is 5.56 Å². The van der Waals surface area contributed by atoms with Crippen LogP contribution in [0.1, 0.15) is 84.3 Å². The summed E-state index contributed by atoms with van der Waals surface area (Å²) in [5.41, 5.74) is 2.44. The highest BCUT2D eigenvalue weighted by Crippen LogP contribution is 2.26.